The van der Waals surface area contributed by atoms with Gasteiger partial charge in [0.05, 0.1) is 7.11 Å². The van der Waals surface area contributed by atoms with E-state index in [2.05, 4.69) is 5.32 Å². The van der Waals surface area contributed by atoms with Crippen molar-refractivity contribution < 1.29 is 38.5 Å². The Kier molecular flexibility index (Phi) is 10.7. The Balaban J connectivity index is 1.67. The fourth-order valence-corrected chi connectivity index (χ4v) is 4.44. The van der Waals surface area contributed by atoms with Gasteiger partial charge in [0.2, 0.25) is 5.91 Å². The molecule has 0 unspecified atom stereocenters. The number of hydrogen-bond acceptors (Lipinski definition) is 7. The molecule has 0 saturated heterocycles. The van der Waals surface area contributed by atoms with Crippen molar-refractivity contribution in [2.24, 2.45) is 0 Å². The summed E-state index contributed by atoms with van der Waals surface area (Å²) in [7, 11) is 1.50. The topological polar surface area (TPSA) is 128 Å². The molecule has 1 amide bonds. The van der Waals surface area contributed by atoms with Gasteiger partial charge < -0.3 is 24.6 Å². The van der Waals surface area contributed by atoms with Gasteiger partial charge in [-0.3, -0.25) is 14.4 Å². The summed E-state index contributed by atoms with van der Waals surface area (Å²) in [6.45, 7) is 4.19. The maximum absolute atomic E-state index is 12.8. The Labute approximate surface area is 228 Å². The van der Waals surface area contributed by atoms with Gasteiger partial charge in [-0.25, -0.2) is 4.79 Å². The van der Waals surface area contributed by atoms with Crippen molar-refractivity contribution >= 4 is 23.8 Å². The number of fused-ring (bicyclic) bond motifs is 1. The van der Waals surface area contributed by atoms with E-state index in [0.717, 1.165) is 23.1 Å². The summed E-state index contributed by atoms with van der Waals surface area (Å²) in [6.07, 6.45) is 3.63. The fourth-order valence-electron chi connectivity index (χ4n) is 4.44. The largest absolute Gasteiger partial charge is 0.496 e. The molecule has 208 valence electrons. The van der Waals surface area contributed by atoms with Crippen LogP contribution >= 0.6 is 0 Å². The van der Waals surface area contributed by atoms with Crippen LogP contribution < -0.4 is 14.8 Å². The van der Waals surface area contributed by atoms with Gasteiger partial charge in [0.25, 0.3) is 0 Å². The summed E-state index contributed by atoms with van der Waals surface area (Å²) >= 11 is 0. The second-order valence-electron chi connectivity index (χ2n) is 9.46. The number of hydrogen-bond donors (Lipinski definition) is 2. The van der Waals surface area contributed by atoms with E-state index in [1.54, 1.807) is 0 Å². The Bertz CT molecular complexity index is 1250. The summed E-state index contributed by atoms with van der Waals surface area (Å²) < 4.78 is 16.6. The SMILES string of the molecule is COc1c(C)c2c(c(OC(=O)CCCC(=O)NCCc3ccccc3)c1C/C=C(\C)CCC(=O)O)C(=O)OC2. The van der Waals surface area contributed by atoms with Crippen molar-refractivity contribution in [2.75, 3.05) is 13.7 Å². The Morgan fingerprint density at radius 2 is 1.82 bits per heavy atom. The van der Waals surface area contributed by atoms with Gasteiger partial charge in [0.15, 0.2) is 5.75 Å². The lowest BCUT2D eigenvalue weighted by Crippen LogP contribution is -2.25. The third-order valence-electron chi connectivity index (χ3n) is 6.59. The highest BCUT2D eigenvalue weighted by Crippen LogP contribution is 2.43. The highest BCUT2D eigenvalue weighted by molar-refractivity contribution is 5.99. The van der Waals surface area contributed by atoms with Crippen LogP contribution in [0.2, 0.25) is 0 Å². The van der Waals surface area contributed by atoms with Crippen molar-refractivity contribution in [1.29, 1.82) is 0 Å². The smallest absolute Gasteiger partial charge is 0.342 e. The molecule has 9 nitrogen and oxygen atoms in total. The number of carbonyl (C=O) groups excluding carboxylic acids is 3. The zero-order valence-corrected chi connectivity index (χ0v) is 22.6. The predicted octanol–water partition coefficient (Wildman–Crippen LogP) is 4.46. The molecule has 0 atom stereocenters. The van der Waals surface area contributed by atoms with Gasteiger partial charge >= 0.3 is 17.9 Å². The van der Waals surface area contributed by atoms with Crippen molar-refractivity contribution in [1.82, 2.24) is 5.32 Å². The molecule has 0 saturated carbocycles. The van der Waals surface area contributed by atoms with Crippen molar-refractivity contribution in [3.05, 3.63) is 69.8 Å². The predicted molar refractivity (Wildman–Crippen MR) is 144 cm³/mol. The molecule has 2 aromatic carbocycles. The molecule has 2 aromatic rings. The number of benzene rings is 2. The molecule has 9 heteroatoms. The number of amides is 1. The van der Waals surface area contributed by atoms with Gasteiger partial charge in [-0.15, -0.1) is 0 Å². The highest BCUT2D eigenvalue weighted by atomic mass is 16.6. The van der Waals surface area contributed by atoms with E-state index in [0.29, 0.717) is 29.8 Å². The Morgan fingerprint density at radius 3 is 2.51 bits per heavy atom. The molecule has 0 fully saturated rings. The second-order valence-corrected chi connectivity index (χ2v) is 9.46. The molecule has 3 rings (SSSR count). The van der Waals surface area contributed by atoms with E-state index in [4.69, 9.17) is 19.3 Å². The average Bonchev–Trinajstić information content (AvgIpc) is 3.30. The molecule has 1 aliphatic heterocycles. The number of methoxy groups -OCH3 is 1. The summed E-state index contributed by atoms with van der Waals surface area (Å²) in [5.74, 6) is -1.62. The van der Waals surface area contributed by atoms with Crippen LogP contribution in [0, 0.1) is 6.92 Å². The van der Waals surface area contributed by atoms with E-state index in [9.17, 15) is 19.2 Å². The first-order chi connectivity index (χ1) is 18.7. The number of esters is 2. The minimum absolute atomic E-state index is 0.00329. The number of carboxylic acids is 1. The van der Waals surface area contributed by atoms with Crippen LogP contribution in [-0.2, 0) is 38.6 Å². The minimum atomic E-state index is -0.893. The van der Waals surface area contributed by atoms with E-state index in [-0.39, 0.29) is 55.9 Å². The van der Waals surface area contributed by atoms with Crippen molar-refractivity contribution in [3.8, 4) is 11.5 Å². The lowest BCUT2D eigenvalue weighted by molar-refractivity contribution is -0.137. The molecular formula is C30H35NO8. The van der Waals surface area contributed by atoms with E-state index < -0.39 is 17.9 Å². The Morgan fingerprint density at radius 1 is 1.08 bits per heavy atom. The molecule has 39 heavy (non-hydrogen) atoms. The standard InChI is InChI=1S/C30H35NO8/c1-19(13-15-25(33)34)12-14-22-28(37-3)20(2)23-18-38-30(36)27(23)29(22)39-26(35)11-7-10-24(32)31-17-16-21-8-5-4-6-9-21/h4-6,8-9,12H,7,10-11,13-18H2,1-3H3,(H,31,32)(H,33,34)/b19-12+. The van der Waals surface area contributed by atoms with Crippen LogP contribution in [0.25, 0.3) is 0 Å². The van der Waals surface area contributed by atoms with Gasteiger partial charge in [0.1, 0.15) is 17.9 Å². The molecule has 0 aliphatic carbocycles. The summed E-state index contributed by atoms with van der Waals surface area (Å²) in [4.78, 5) is 48.6. The number of aliphatic carboxylic acids is 1. The van der Waals surface area contributed by atoms with E-state index in [1.165, 1.54) is 7.11 Å². The number of rotatable bonds is 14. The first-order valence-corrected chi connectivity index (χ1v) is 13.0. The van der Waals surface area contributed by atoms with Gasteiger partial charge in [-0.05, 0) is 50.7 Å². The number of nitrogens with one attached hydrogen (secondary N) is 1. The van der Waals surface area contributed by atoms with Crippen LogP contribution in [0.15, 0.2) is 42.0 Å². The first-order valence-electron chi connectivity index (χ1n) is 13.0. The van der Waals surface area contributed by atoms with Crippen LogP contribution in [-0.4, -0.2) is 42.6 Å². The Hall–Kier alpha value is -4.14. The summed E-state index contributed by atoms with van der Waals surface area (Å²) in [6, 6.07) is 9.83. The molecule has 2 N–H and O–H groups in total. The van der Waals surface area contributed by atoms with E-state index in [1.807, 2.05) is 50.3 Å². The first kappa shape index (κ1) is 29.4. The number of ether oxygens (including phenoxy) is 3. The lowest BCUT2D eigenvalue weighted by Gasteiger charge is -2.19. The lowest BCUT2D eigenvalue weighted by atomic mass is 9.94. The van der Waals surface area contributed by atoms with Crippen molar-refractivity contribution in [2.45, 2.75) is 65.4 Å². The fraction of sp³-hybridized carbons (Fsp3) is 0.400. The zero-order chi connectivity index (χ0) is 28.4. The van der Waals surface area contributed by atoms with Gasteiger partial charge in [0, 0.05) is 36.9 Å². The van der Waals surface area contributed by atoms with Crippen LogP contribution in [0.5, 0.6) is 11.5 Å². The minimum Gasteiger partial charge on any atom is -0.496 e. The zero-order valence-electron chi connectivity index (χ0n) is 22.6. The normalized spacial score (nSPS) is 12.5. The highest BCUT2D eigenvalue weighted by Gasteiger charge is 2.34. The summed E-state index contributed by atoms with van der Waals surface area (Å²) in [5.41, 5.74) is 4.00. The number of cyclic esters (lactones) is 1. The molecule has 0 radical (unpaired) electrons. The van der Waals surface area contributed by atoms with Crippen LogP contribution in [0.4, 0.5) is 0 Å². The molecular weight excluding hydrogens is 502 g/mol. The number of allylic oxidation sites excluding steroid dienone is 2. The third kappa shape index (κ3) is 8.17. The van der Waals surface area contributed by atoms with Gasteiger partial charge in [-0.2, -0.15) is 0 Å². The maximum Gasteiger partial charge on any atom is 0.342 e. The number of carbonyl (C=O) groups is 4. The quantitative estimate of drug-likeness (QED) is 0.205. The average molecular weight is 538 g/mol. The number of carboxylic acid groups (broad SMARTS) is 1. The van der Waals surface area contributed by atoms with E-state index >= 15 is 0 Å². The molecule has 0 spiro atoms. The molecule has 1 heterocycles. The molecule has 0 aromatic heterocycles. The monoisotopic (exact) mass is 537 g/mol. The van der Waals surface area contributed by atoms with Crippen molar-refractivity contribution in [3.63, 3.8) is 0 Å². The third-order valence-corrected chi connectivity index (χ3v) is 6.59. The van der Waals surface area contributed by atoms with Crippen LogP contribution in [0.1, 0.15) is 71.6 Å². The van der Waals surface area contributed by atoms with Gasteiger partial charge in [-0.1, -0.05) is 42.0 Å². The molecule has 1 aliphatic rings. The molecule has 0 bridgehead atoms. The summed E-state index contributed by atoms with van der Waals surface area (Å²) in [5, 5.41) is 11.8. The second kappa shape index (κ2) is 14.1. The maximum atomic E-state index is 12.8. The van der Waals surface area contributed by atoms with Crippen LogP contribution in [0.3, 0.4) is 0 Å².